The van der Waals surface area contributed by atoms with Crippen LogP contribution in [0.3, 0.4) is 0 Å². The number of ether oxygens (including phenoxy) is 1. The number of aliphatic hydroxyl groups excluding tert-OH is 1. The van der Waals surface area contributed by atoms with Gasteiger partial charge < -0.3 is 15.2 Å². The molecule has 18 heavy (non-hydrogen) atoms. The van der Waals surface area contributed by atoms with Crippen LogP contribution < -0.4 is 10.1 Å². The van der Waals surface area contributed by atoms with Gasteiger partial charge in [-0.25, -0.2) is 0 Å². The van der Waals surface area contributed by atoms with Crippen LogP contribution in [0.2, 0.25) is 0 Å². The quantitative estimate of drug-likeness (QED) is 0.760. The van der Waals surface area contributed by atoms with E-state index in [1.54, 1.807) is 6.92 Å². The van der Waals surface area contributed by atoms with Crippen molar-refractivity contribution in [3.8, 4) is 5.75 Å². The molecule has 0 saturated heterocycles. The number of hydrogen-bond acceptors (Lipinski definition) is 3. The zero-order chi connectivity index (χ0) is 13.5. The molecular weight excluding hydrogens is 294 g/mol. The van der Waals surface area contributed by atoms with E-state index in [2.05, 4.69) is 28.2 Å². The van der Waals surface area contributed by atoms with Gasteiger partial charge in [0.2, 0.25) is 0 Å². The zero-order valence-corrected chi connectivity index (χ0v) is 12.8. The van der Waals surface area contributed by atoms with Gasteiger partial charge in [-0.1, -0.05) is 13.0 Å². The molecule has 0 aromatic heterocycles. The van der Waals surface area contributed by atoms with Crippen molar-refractivity contribution < 1.29 is 9.84 Å². The molecule has 4 heteroatoms. The Balaban J connectivity index is 2.62. The van der Waals surface area contributed by atoms with E-state index < -0.39 is 6.10 Å². The van der Waals surface area contributed by atoms with Crippen LogP contribution in [-0.2, 0) is 6.54 Å². The molecule has 102 valence electrons. The van der Waals surface area contributed by atoms with Crippen LogP contribution in [0.15, 0.2) is 22.7 Å². The van der Waals surface area contributed by atoms with Crippen molar-refractivity contribution in [2.45, 2.75) is 45.9 Å². The molecule has 0 saturated carbocycles. The van der Waals surface area contributed by atoms with Gasteiger partial charge in [0.15, 0.2) is 0 Å². The van der Waals surface area contributed by atoms with E-state index >= 15 is 0 Å². The SMILES string of the molecule is CCCNCc1ccc(OC(C)C(C)O)c(Br)c1. The first-order chi connectivity index (χ1) is 8.54. The Kier molecular flexibility index (Phi) is 6.68. The Bertz CT molecular complexity index is 369. The summed E-state index contributed by atoms with van der Waals surface area (Å²) in [6.07, 6.45) is 0.432. The average molecular weight is 316 g/mol. The van der Waals surface area contributed by atoms with E-state index in [-0.39, 0.29) is 6.10 Å². The van der Waals surface area contributed by atoms with Crippen molar-refractivity contribution in [3.05, 3.63) is 28.2 Å². The van der Waals surface area contributed by atoms with Crippen LogP contribution >= 0.6 is 15.9 Å². The second kappa shape index (κ2) is 7.77. The molecule has 0 aliphatic rings. The van der Waals surface area contributed by atoms with Crippen molar-refractivity contribution >= 4 is 15.9 Å². The lowest BCUT2D eigenvalue weighted by molar-refractivity contribution is 0.0599. The van der Waals surface area contributed by atoms with Crippen LogP contribution in [0.1, 0.15) is 32.8 Å². The maximum absolute atomic E-state index is 9.42. The number of halogens is 1. The molecule has 0 fully saturated rings. The number of rotatable bonds is 7. The lowest BCUT2D eigenvalue weighted by Crippen LogP contribution is -2.25. The van der Waals surface area contributed by atoms with Crippen molar-refractivity contribution in [1.82, 2.24) is 5.32 Å². The molecule has 0 aliphatic carbocycles. The predicted octanol–water partition coefficient (Wildman–Crippen LogP) is 3.10. The molecule has 1 aromatic carbocycles. The van der Waals surface area contributed by atoms with Gasteiger partial charge in [0, 0.05) is 6.54 Å². The van der Waals surface area contributed by atoms with Crippen LogP contribution in [0.25, 0.3) is 0 Å². The first-order valence-electron chi connectivity index (χ1n) is 6.38. The third-order valence-corrected chi connectivity index (χ3v) is 3.36. The summed E-state index contributed by atoms with van der Waals surface area (Å²) in [5.41, 5.74) is 1.22. The summed E-state index contributed by atoms with van der Waals surface area (Å²) in [4.78, 5) is 0. The zero-order valence-electron chi connectivity index (χ0n) is 11.2. The molecular formula is C14H22BrNO2. The van der Waals surface area contributed by atoms with Gasteiger partial charge in [-0.15, -0.1) is 0 Å². The van der Waals surface area contributed by atoms with Gasteiger partial charge in [0.1, 0.15) is 11.9 Å². The number of benzene rings is 1. The maximum Gasteiger partial charge on any atom is 0.134 e. The minimum atomic E-state index is -0.484. The summed E-state index contributed by atoms with van der Waals surface area (Å²) in [5.74, 6) is 0.766. The van der Waals surface area contributed by atoms with Gasteiger partial charge in [-0.3, -0.25) is 0 Å². The standard InChI is InChI=1S/C14H22BrNO2/c1-4-7-16-9-12-5-6-14(13(15)8-12)18-11(3)10(2)17/h5-6,8,10-11,16-17H,4,7,9H2,1-3H3. The summed E-state index contributed by atoms with van der Waals surface area (Å²) in [7, 11) is 0. The molecule has 0 bridgehead atoms. The molecule has 0 aliphatic heterocycles. The topological polar surface area (TPSA) is 41.5 Å². The monoisotopic (exact) mass is 315 g/mol. The Labute approximate surface area is 118 Å². The molecule has 1 rings (SSSR count). The Morgan fingerprint density at radius 3 is 2.67 bits per heavy atom. The molecule has 2 atom stereocenters. The fourth-order valence-corrected chi connectivity index (χ4v) is 1.98. The molecule has 0 heterocycles. The predicted molar refractivity (Wildman–Crippen MR) is 77.9 cm³/mol. The first kappa shape index (κ1) is 15.5. The lowest BCUT2D eigenvalue weighted by Gasteiger charge is -2.18. The third kappa shape index (κ3) is 4.96. The highest BCUT2D eigenvalue weighted by molar-refractivity contribution is 9.10. The molecule has 3 nitrogen and oxygen atoms in total. The van der Waals surface area contributed by atoms with Crippen molar-refractivity contribution in [2.24, 2.45) is 0 Å². The molecule has 0 radical (unpaired) electrons. The summed E-state index contributed by atoms with van der Waals surface area (Å²) in [5, 5.41) is 12.8. The molecule has 1 aromatic rings. The Morgan fingerprint density at radius 2 is 2.11 bits per heavy atom. The van der Waals surface area contributed by atoms with Gasteiger partial charge in [0.05, 0.1) is 10.6 Å². The van der Waals surface area contributed by atoms with E-state index in [1.165, 1.54) is 5.56 Å². The molecule has 0 amide bonds. The van der Waals surface area contributed by atoms with Crippen LogP contribution in [0.5, 0.6) is 5.75 Å². The van der Waals surface area contributed by atoms with E-state index in [0.717, 1.165) is 29.7 Å². The second-order valence-corrected chi connectivity index (χ2v) is 5.36. The van der Waals surface area contributed by atoms with Crippen molar-refractivity contribution in [1.29, 1.82) is 0 Å². The number of hydrogen-bond donors (Lipinski definition) is 2. The third-order valence-electron chi connectivity index (χ3n) is 2.74. The van der Waals surface area contributed by atoms with Gasteiger partial charge in [-0.05, 0) is 60.4 Å². The second-order valence-electron chi connectivity index (χ2n) is 4.51. The molecule has 2 unspecified atom stereocenters. The van der Waals surface area contributed by atoms with Crippen LogP contribution in [0, 0.1) is 0 Å². The highest BCUT2D eigenvalue weighted by Crippen LogP contribution is 2.27. The fourth-order valence-electron chi connectivity index (χ4n) is 1.46. The van der Waals surface area contributed by atoms with Crippen molar-refractivity contribution in [3.63, 3.8) is 0 Å². The van der Waals surface area contributed by atoms with Gasteiger partial charge >= 0.3 is 0 Å². The summed E-state index contributed by atoms with van der Waals surface area (Å²) < 4.78 is 6.59. The summed E-state index contributed by atoms with van der Waals surface area (Å²) in [6, 6.07) is 6.02. The normalized spacial score (nSPS) is 14.3. The highest BCUT2D eigenvalue weighted by atomic mass is 79.9. The minimum absolute atomic E-state index is 0.217. The van der Waals surface area contributed by atoms with Crippen molar-refractivity contribution in [2.75, 3.05) is 6.54 Å². The van der Waals surface area contributed by atoms with E-state index in [4.69, 9.17) is 4.74 Å². The van der Waals surface area contributed by atoms with Gasteiger partial charge in [0.25, 0.3) is 0 Å². The smallest absolute Gasteiger partial charge is 0.134 e. The Morgan fingerprint density at radius 1 is 1.39 bits per heavy atom. The minimum Gasteiger partial charge on any atom is -0.487 e. The average Bonchev–Trinajstić information content (AvgIpc) is 2.32. The Hall–Kier alpha value is -0.580. The fraction of sp³-hybridized carbons (Fsp3) is 0.571. The van der Waals surface area contributed by atoms with Crippen LogP contribution in [0.4, 0.5) is 0 Å². The van der Waals surface area contributed by atoms with E-state index in [1.807, 2.05) is 25.1 Å². The first-order valence-corrected chi connectivity index (χ1v) is 7.17. The summed E-state index contributed by atoms with van der Waals surface area (Å²) >= 11 is 3.50. The number of aliphatic hydroxyl groups is 1. The van der Waals surface area contributed by atoms with Gasteiger partial charge in [-0.2, -0.15) is 0 Å². The largest absolute Gasteiger partial charge is 0.487 e. The van der Waals surface area contributed by atoms with E-state index in [0.29, 0.717) is 0 Å². The highest BCUT2D eigenvalue weighted by Gasteiger charge is 2.12. The number of nitrogens with one attached hydrogen (secondary N) is 1. The lowest BCUT2D eigenvalue weighted by atomic mass is 10.2. The van der Waals surface area contributed by atoms with Crippen LogP contribution in [-0.4, -0.2) is 23.9 Å². The molecule has 2 N–H and O–H groups in total. The maximum atomic E-state index is 9.42. The van der Waals surface area contributed by atoms with E-state index in [9.17, 15) is 5.11 Å². The molecule has 0 spiro atoms. The summed E-state index contributed by atoms with van der Waals surface area (Å²) in [6.45, 7) is 7.61.